The fourth-order valence-corrected chi connectivity index (χ4v) is 2.91. The predicted molar refractivity (Wildman–Crippen MR) is 88.8 cm³/mol. The van der Waals surface area contributed by atoms with E-state index in [9.17, 15) is 0 Å². The van der Waals surface area contributed by atoms with Crippen molar-refractivity contribution in [3.8, 4) is 0 Å². The molecule has 0 heterocycles. The summed E-state index contributed by atoms with van der Waals surface area (Å²) in [4.78, 5) is 0. The molecule has 19 heavy (non-hydrogen) atoms. The highest BCUT2D eigenvalue weighted by Crippen LogP contribution is 2.23. The van der Waals surface area contributed by atoms with Crippen molar-refractivity contribution < 1.29 is 0 Å². The van der Waals surface area contributed by atoms with Crippen molar-refractivity contribution in [1.29, 1.82) is 0 Å². The van der Waals surface area contributed by atoms with E-state index in [1.54, 1.807) is 0 Å². The third kappa shape index (κ3) is 9.49. The van der Waals surface area contributed by atoms with E-state index in [-0.39, 0.29) is 0 Å². The first-order valence-corrected chi connectivity index (χ1v) is 8.99. The molecule has 1 N–H and O–H groups in total. The molecule has 0 aromatic carbocycles. The molecule has 0 saturated carbocycles. The largest absolute Gasteiger partial charge is 0.311 e. The molecule has 0 aromatic rings. The molecule has 0 aliphatic heterocycles. The number of nitrogens with one attached hydrogen (secondary N) is 1. The van der Waals surface area contributed by atoms with Gasteiger partial charge in [-0.2, -0.15) is 0 Å². The van der Waals surface area contributed by atoms with Crippen LogP contribution in [0.5, 0.6) is 0 Å². The first kappa shape index (κ1) is 19.0. The second kappa shape index (κ2) is 13.0. The summed E-state index contributed by atoms with van der Waals surface area (Å²) in [5, 5.41) is 3.88. The van der Waals surface area contributed by atoms with E-state index in [1.165, 1.54) is 83.6 Å². The summed E-state index contributed by atoms with van der Waals surface area (Å²) in [6.07, 6.45) is 16.4. The van der Waals surface area contributed by atoms with Crippen LogP contribution >= 0.6 is 0 Å². The minimum absolute atomic E-state index is 0.429. The maximum absolute atomic E-state index is 3.88. The first-order valence-electron chi connectivity index (χ1n) is 8.99. The lowest BCUT2D eigenvalue weighted by atomic mass is 9.86. The van der Waals surface area contributed by atoms with Gasteiger partial charge < -0.3 is 5.32 Å². The maximum Gasteiger partial charge on any atom is 0.0176 e. The van der Waals surface area contributed by atoms with Gasteiger partial charge in [0.25, 0.3) is 0 Å². The molecule has 0 radical (unpaired) electrons. The standard InChI is InChI=1S/C18H39N/c1-5-9-11-12-13-15-17-19-18(7-3,8-4)16-14-10-6-2/h19H,5-17H2,1-4H3. The molecule has 0 saturated heterocycles. The maximum atomic E-state index is 3.88. The molecule has 0 unspecified atom stereocenters. The molecule has 0 aliphatic carbocycles. The van der Waals surface area contributed by atoms with Gasteiger partial charge in [-0.05, 0) is 32.2 Å². The van der Waals surface area contributed by atoms with Crippen molar-refractivity contribution in [2.24, 2.45) is 0 Å². The van der Waals surface area contributed by atoms with Gasteiger partial charge in [0.2, 0.25) is 0 Å². The second-order valence-corrected chi connectivity index (χ2v) is 6.14. The first-order chi connectivity index (χ1) is 9.24. The zero-order chi connectivity index (χ0) is 14.4. The SMILES string of the molecule is CCCCCCCCNC(CC)(CC)CCCCC. The molecule has 0 bridgehead atoms. The topological polar surface area (TPSA) is 12.0 Å². The zero-order valence-electron chi connectivity index (χ0n) is 14.2. The van der Waals surface area contributed by atoms with Crippen molar-refractivity contribution in [1.82, 2.24) is 5.32 Å². The van der Waals surface area contributed by atoms with Crippen LogP contribution in [0.2, 0.25) is 0 Å². The van der Waals surface area contributed by atoms with Crippen LogP contribution in [0.4, 0.5) is 0 Å². The Labute approximate surface area is 122 Å². The summed E-state index contributed by atoms with van der Waals surface area (Å²) < 4.78 is 0. The van der Waals surface area contributed by atoms with Gasteiger partial charge in [-0.1, -0.05) is 79.1 Å². The number of rotatable bonds is 14. The molecule has 116 valence electrons. The Morgan fingerprint density at radius 3 is 1.74 bits per heavy atom. The van der Waals surface area contributed by atoms with Gasteiger partial charge in [0.1, 0.15) is 0 Å². The van der Waals surface area contributed by atoms with Crippen molar-refractivity contribution in [2.75, 3.05) is 6.54 Å². The fourth-order valence-electron chi connectivity index (χ4n) is 2.91. The van der Waals surface area contributed by atoms with Crippen LogP contribution in [-0.4, -0.2) is 12.1 Å². The smallest absolute Gasteiger partial charge is 0.0176 e. The van der Waals surface area contributed by atoms with Crippen LogP contribution in [0, 0.1) is 0 Å². The highest BCUT2D eigenvalue weighted by atomic mass is 15.0. The molecule has 0 rings (SSSR count). The normalized spacial score (nSPS) is 12.0. The van der Waals surface area contributed by atoms with E-state index in [2.05, 4.69) is 33.0 Å². The molecular formula is C18H39N. The Bertz CT molecular complexity index is 173. The second-order valence-electron chi connectivity index (χ2n) is 6.14. The third-order valence-electron chi connectivity index (χ3n) is 4.64. The minimum atomic E-state index is 0.429. The van der Waals surface area contributed by atoms with Crippen molar-refractivity contribution in [3.05, 3.63) is 0 Å². The zero-order valence-corrected chi connectivity index (χ0v) is 14.2. The van der Waals surface area contributed by atoms with E-state index >= 15 is 0 Å². The minimum Gasteiger partial charge on any atom is -0.311 e. The molecule has 0 aromatic heterocycles. The molecule has 0 spiro atoms. The lowest BCUT2D eigenvalue weighted by Gasteiger charge is -2.33. The lowest BCUT2D eigenvalue weighted by molar-refractivity contribution is 0.269. The Morgan fingerprint density at radius 2 is 1.16 bits per heavy atom. The van der Waals surface area contributed by atoms with Gasteiger partial charge in [0, 0.05) is 5.54 Å². The summed E-state index contributed by atoms with van der Waals surface area (Å²) in [6, 6.07) is 0. The van der Waals surface area contributed by atoms with E-state index in [4.69, 9.17) is 0 Å². The molecule has 0 aliphatic rings. The van der Waals surface area contributed by atoms with Crippen molar-refractivity contribution in [2.45, 2.75) is 110 Å². The Kier molecular flexibility index (Phi) is 12.9. The predicted octanol–water partition coefficient (Wildman–Crippen LogP) is 6.08. The molecule has 0 fully saturated rings. The highest BCUT2D eigenvalue weighted by molar-refractivity contribution is 4.85. The average molecular weight is 270 g/mol. The molecule has 0 atom stereocenters. The van der Waals surface area contributed by atoms with Crippen molar-refractivity contribution >= 4 is 0 Å². The summed E-state index contributed by atoms with van der Waals surface area (Å²) in [6.45, 7) is 10.5. The van der Waals surface area contributed by atoms with Crippen molar-refractivity contribution in [3.63, 3.8) is 0 Å². The summed E-state index contributed by atoms with van der Waals surface area (Å²) in [5.41, 5.74) is 0.429. The van der Waals surface area contributed by atoms with Crippen LogP contribution in [0.3, 0.4) is 0 Å². The number of hydrogen-bond acceptors (Lipinski definition) is 1. The van der Waals surface area contributed by atoms with Crippen LogP contribution in [0.1, 0.15) is 105 Å². The summed E-state index contributed by atoms with van der Waals surface area (Å²) in [7, 11) is 0. The van der Waals surface area contributed by atoms with E-state index in [0.29, 0.717) is 5.54 Å². The summed E-state index contributed by atoms with van der Waals surface area (Å²) >= 11 is 0. The van der Waals surface area contributed by atoms with Gasteiger partial charge in [0.15, 0.2) is 0 Å². The van der Waals surface area contributed by atoms with Gasteiger partial charge in [-0.25, -0.2) is 0 Å². The van der Waals surface area contributed by atoms with Gasteiger partial charge in [-0.3, -0.25) is 0 Å². The van der Waals surface area contributed by atoms with Crippen LogP contribution in [-0.2, 0) is 0 Å². The lowest BCUT2D eigenvalue weighted by Crippen LogP contribution is -2.44. The van der Waals surface area contributed by atoms with Gasteiger partial charge in [0.05, 0.1) is 0 Å². The molecule has 1 heteroatoms. The number of unbranched alkanes of at least 4 members (excludes halogenated alkanes) is 7. The monoisotopic (exact) mass is 269 g/mol. The molecule has 1 nitrogen and oxygen atoms in total. The van der Waals surface area contributed by atoms with Crippen LogP contribution < -0.4 is 5.32 Å². The third-order valence-corrected chi connectivity index (χ3v) is 4.64. The van der Waals surface area contributed by atoms with E-state index in [0.717, 1.165) is 0 Å². The van der Waals surface area contributed by atoms with E-state index in [1.807, 2.05) is 0 Å². The molecule has 0 amide bonds. The van der Waals surface area contributed by atoms with Crippen LogP contribution in [0.15, 0.2) is 0 Å². The van der Waals surface area contributed by atoms with Gasteiger partial charge in [-0.15, -0.1) is 0 Å². The fraction of sp³-hybridized carbons (Fsp3) is 1.00. The number of hydrogen-bond donors (Lipinski definition) is 1. The average Bonchev–Trinajstić information content (AvgIpc) is 2.45. The summed E-state index contributed by atoms with van der Waals surface area (Å²) in [5.74, 6) is 0. The Hall–Kier alpha value is -0.0400. The van der Waals surface area contributed by atoms with E-state index < -0.39 is 0 Å². The Balaban J connectivity index is 3.74. The molecular weight excluding hydrogens is 230 g/mol. The Morgan fingerprint density at radius 1 is 0.632 bits per heavy atom. The highest BCUT2D eigenvalue weighted by Gasteiger charge is 2.23. The van der Waals surface area contributed by atoms with Crippen LogP contribution in [0.25, 0.3) is 0 Å². The van der Waals surface area contributed by atoms with Gasteiger partial charge >= 0.3 is 0 Å². The quantitative estimate of drug-likeness (QED) is 0.377.